The standard InChI is InChI=1S/C17H14Cl2N2O2S/c1-3-21-16(22)14(20(2)17(21)24)9-11-5-7-15(23-11)10-4-6-12(18)13(19)8-10/h4-9H,3H2,1-2H3/b14-9+. The molecule has 2 aromatic rings. The highest BCUT2D eigenvalue weighted by atomic mass is 35.5. The minimum absolute atomic E-state index is 0.127. The monoisotopic (exact) mass is 380 g/mol. The molecule has 0 radical (unpaired) electrons. The number of likely N-dealkylation sites (N-methyl/N-ethyl adjacent to an activating group) is 2. The number of carbonyl (C=O) groups is 1. The summed E-state index contributed by atoms with van der Waals surface area (Å²) < 4.78 is 5.81. The average Bonchev–Trinajstić information content (AvgIpc) is 3.10. The second-order valence-electron chi connectivity index (χ2n) is 5.25. The first-order valence-electron chi connectivity index (χ1n) is 7.29. The number of hydrogen-bond acceptors (Lipinski definition) is 3. The molecule has 1 fully saturated rings. The summed E-state index contributed by atoms with van der Waals surface area (Å²) in [4.78, 5) is 15.6. The summed E-state index contributed by atoms with van der Waals surface area (Å²) in [5.74, 6) is 1.08. The predicted octanol–water partition coefficient (Wildman–Crippen LogP) is 4.67. The van der Waals surface area contributed by atoms with Gasteiger partial charge in [0.2, 0.25) is 0 Å². The van der Waals surface area contributed by atoms with Crippen molar-refractivity contribution < 1.29 is 9.21 Å². The number of rotatable bonds is 3. The molecule has 1 aromatic heterocycles. The predicted molar refractivity (Wildman–Crippen MR) is 99.9 cm³/mol. The van der Waals surface area contributed by atoms with Crippen molar-refractivity contribution in [3.05, 3.63) is 51.8 Å². The number of amides is 1. The zero-order chi connectivity index (χ0) is 17.4. The van der Waals surface area contributed by atoms with Gasteiger partial charge in [-0.05, 0) is 49.5 Å². The van der Waals surface area contributed by atoms with Crippen molar-refractivity contribution in [1.82, 2.24) is 9.80 Å². The van der Waals surface area contributed by atoms with Crippen LogP contribution in [0.2, 0.25) is 10.0 Å². The normalized spacial score (nSPS) is 16.6. The van der Waals surface area contributed by atoms with Gasteiger partial charge in [-0.2, -0.15) is 0 Å². The van der Waals surface area contributed by atoms with Crippen molar-refractivity contribution in [3.8, 4) is 11.3 Å². The van der Waals surface area contributed by atoms with E-state index in [1.54, 1.807) is 41.1 Å². The Morgan fingerprint density at radius 1 is 1.21 bits per heavy atom. The smallest absolute Gasteiger partial charge is 0.276 e. The van der Waals surface area contributed by atoms with E-state index in [9.17, 15) is 4.79 Å². The Balaban J connectivity index is 1.92. The minimum Gasteiger partial charge on any atom is -0.457 e. The van der Waals surface area contributed by atoms with Crippen LogP contribution in [0, 0.1) is 0 Å². The maximum absolute atomic E-state index is 12.4. The summed E-state index contributed by atoms with van der Waals surface area (Å²) in [5.41, 5.74) is 1.29. The number of carbonyl (C=O) groups excluding carboxylic acids is 1. The molecule has 3 rings (SSSR count). The van der Waals surface area contributed by atoms with Crippen LogP contribution in [0.1, 0.15) is 12.7 Å². The summed E-state index contributed by atoms with van der Waals surface area (Å²) in [6.07, 6.45) is 1.69. The summed E-state index contributed by atoms with van der Waals surface area (Å²) in [6.45, 7) is 2.42. The molecule has 1 aliphatic rings. The molecule has 124 valence electrons. The third-order valence-electron chi connectivity index (χ3n) is 3.77. The van der Waals surface area contributed by atoms with E-state index in [0.29, 0.717) is 38.9 Å². The topological polar surface area (TPSA) is 36.7 Å². The molecule has 7 heteroatoms. The molecule has 24 heavy (non-hydrogen) atoms. The summed E-state index contributed by atoms with van der Waals surface area (Å²) in [6, 6.07) is 8.89. The molecule has 0 N–H and O–H groups in total. The van der Waals surface area contributed by atoms with Crippen LogP contribution in [0.4, 0.5) is 0 Å². The molecule has 0 bridgehead atoms. The van der Waals surface area contributed by atoms with Crippen molar-refractivity contribution in [2.24, 2.45) is 0 Å². The molecule has 0 spiro atoms. The van der Waals surface area contributed by atoms with Gasteiger partial charge in [0.15, 0.2) is 5.11 Å². The van der Waals surface area contributed by atoms with Gasteiger partial charge in [-0.3, -0.25) is 9.69 Å². The van der Waals surface area contributed by atoms with Gasteiger partial charge in [-0.15, -0.1) is 0 Å². The van der Waals surface area contributed by atoms with Crippen LogP contribution in [0.3, 0.4) is 0 Å². The van der Waals surface area contributed by atoms with Gasteiger partial charge in [-0.1, -0.05) is 23.2 Å². The van der Waals surface area contributed by atoms with Crippen LogP contribution in [0.5, 0.6) is 0 Å². The van der Waals surface area contributed by atoms with Gasteiger partial charge in [0.25, 0.3) is 5.91 Å². The lowest BCUT2D eigenvalue weighted by molar-refractivity contribution is -0.122. The van der Waals surface area contributed by atoms with Crippen LogP contribution < -0.4 is 0 Å². The van der Waals surface area contributed by atoms with E-state index in [1.165, 1.54) is 0 Å². The first kappa shape index (κ1) is 17.0. The number of halogens is 2. The molecule has 2 heterocycles. The SMILES string of the molecule is CCN1C(=O)/C(=C\c2ccc(-c3ccc(Cl)c(Cl)c3)o2)N(C)C1=S. The number of hydrogen-bond donors (Lipinski definition) is 0. The molecule has 4 nitrogen and oxygen atoms in total. The zero-order valence-electron chi connectivity index (χ0n) is 13.0. The Labute approximate surface area is 155 Å². The Morgan fingerprint density at radius 3 is 2.58 bits per heavy atom. The van der Waals surface area contributed by atoms with Crippen molar-refractivity contribution in [3.63, 3.8) is 0 Å². The Hall–Kier alpha value is -1.82. The lowest BCUT2D eigenvalue weighted by Crippen LogP contribution is -2.30. The highest BCUT2D eigenvalue weighted by Gasteiger charge is 2.34. The quantitative estimate of drug-likeness (QED) is 0.572. The van der Waals surface area contributed by atoms with E-state index in [0.717, 1.165) is 5.56 Å². The Bertz CT molecular complexity index is 860. The van der Waals surface area contributed by atoms with Gasteiger partial charge in [0.05, 0.1) is 10.0 Å². The van der Waals surface area contributed by atoms with E-state index in [-0.39, 0.29) is 5.91 Å². The van der Waals surface area contributed by atoms with E-state index < -0.39 is 0 Å². The molecule has 1 saturated heterocycles. The second-order valence-corrected chi connectivity index (χ2v) is 6.43. The number of thiocarbonyl (C=S) groups is 1. The minimum atomic E-state index is -0.127. The van der Waals surface area contributed by atoms with Gasteiger partial charge in [0.1, 0.15) is 17.2 Å². The molecule has 1 amide bonds. The van der Waals surface area contributed by atoms with E-state index in [4.69, 9.17) is 39.8 Å². The molecule has 0 aliphatic carbocycles. The highest BCUT2D eigenvalue weighted by molar-refractivity contribution is 7.80. The summed E-state index contributed by atoms with van der Waals surface area (Å²) in [7, 11) is 1.77. The van der Waals surface area contributed by atoms with Crippen molar-refractivity contribution in [2.75, 3.05) is 13.6 Å². The maximum Gasteiger partial charge on any atom is 0.276 e. The fourth-order valence-electron chi connectivity index (χ4n) is 2.46. The summed E-state index contributed by atoms with van der Waals surface area (Å²) >= 11 is 17.2. The van der Waals surface area contributed by atoms with Gasteiger partial charge in [0, 0.05) is 25.2 Å². The Morgan fingerprint density at radius 2 is 1.96 bits per heavy atom. The van der Waals surface area contributed by atoms with Crippen LogP contribution in [0.15, 0.2) is 40.4 Å². The number of furan rings is 1. The fraction of sp³-hybridized carbons (Fsp3) is 0.176. The van der Waals surface area contributed by atoms with Gasteiger partial charge in [-0.25, -0.2) is 0 Å². The molecular formula is C17H14Cl2N2O2S. The van der Waals surface area contributed by atoms with Crippen LogP contribution in [0.25, 0.3) is 17.4 Å². The van der Waals surface area contributed by atoms with Crippen molar-refractivity contribution in [2.45, 2.75) is 6.92 Å². The van der Waals surface area contributed by atoms with Crippen molar-refractivity contribution >= 4 is 52.5 Å². The van der Waals surface area contributed by atoms with Gasteiger partial charge < -0.3 is 9.32 Å². The van der Waals surface area contributed by atoms with E-state index >= 15 is 0 Å². The third kappa shape index (κ3) is 2.95. The highest BCUT2D eigenvalue weighted by Crippen LogP contribution is 2.30. The molecule has 0 atom stereocenters. The fourth-order valence-corrected chi connectivity index (χ4v) is 3.07. The zero-order valence-corrected chi connectivity index (χ0v) is 15.4. The van der Waals surface area contributed by atoms with Gasteiger partial charge >= 0.3 is 0 Å². The van der Waals surface area contributed by atoms with Crippen LogP contribution >= 0.6 is 35.4 Å². The number of benzene rings is 1. The van der Waals surface area contributed by atoms with Crippen molar-refractivity contribution in [1.29, 1.82) is 0 Å². The second kappa shape index (κ2) is 6.59. The summed E-state index contributed by atoms with van der Waals surface area (Å²) in [5, 5.41) is 1.44. The van der Waals surface area contributed by atoms with E-state index in [2.05, 4.69) is 0 Å². The average molecular weight is 381 g/mol. The van der Waals surface area contributed by atoms with E-state index in [1.807, 2.05) is 19.1 Å². The molecule has 0 unspecified atom stereocenters. The molecule has 0 saturated carbocycles. The lowest BCUT2D eigenvalue weighted by atomic mass is 10.2. The van der Waals surface area contributed by atoms with Crippen LogP contribution in [-0.2, 0) is 4.79 Å². The lowest BCUT2D eigenvalue weighted by Gasteiger charge is -2.13. The largest absolute Gasteiger partial charge is 0.457 e. The number of nitrogens with zero attached hydrogens (tertiary/aromatic N) is 2. The molecule has 1 aliphatic heterocycles. The first-order chi connectivity index (χ1) is 11.4. The maximum atomic E-state index is 12.4. The Kier molecular flexibility index (Phi) is 4.67. The molecular weight excluding hydrogens is 367 g/mol. The third-order valence-corrected chi connectivity index (χ3v) is 5.00. The first-order valence-corrected chi connectivity index (χ1v) is 8.45. The van der Waals surface area contributed by atoms with Crippen LogP contribution in [-0.4, -0.2) is 34.4 Å². The molecule has 1 aromatic carbocycles.